The first-order valence-corrected chi connectivity index (χ1v) is 13.5. The third kappa shape index (κ3) is 5.89. The number of fused-ring (bicyclic) bond motifs is 1. The molecule has 1 unspecified atom stereocenters. The Balaban J connectivity index is 1.38. The molecule has 1 saturated heterocycles. The van der Waals surface area contributed by atoms with Gasteiger partial charge in [-0.15, -0.1) is 5.10 Å². The lowest BCUT2D eigenvalue weighted by Crippen LogP contribution is -2.42. The topological polar surface area (TPSA) is 131 Å². The Morgan fingerprint density at radius 3 is 2.64 bits per heavy atom. The van der Waals surface area contributed by atoms with Crippen LogP contribution in [0.1, 0.15) is 62.6 Å². The van der Waals surface area contributed by atoms with E-state index in [9.17, 15) is 23.9 Å². The van der Waals surface area contributed by atoms with E-state index in [0.717, 1.165) is 17.8 Å². The number of rotatable bonds is 6. The number of hydrogen-bond acceptors (Lipinski definition) is 8. The number of halogens is 2. The number of pyridine rings is 1. The smallest absolute Gasteiger partial charge is 0.410 e. The highest BCUT2D eigenvalue weighted by Crippen LogP contribution is 2.33. The zero-order valence-electron chi connectivity index (χ0n) is 23.7. The molecule has 1 aromatic carbocycles. The maximum Gasteiger partial charge on any atom is 0.410 e. The molecule has 4 heterocycles. The molecule has 1 fully saturated rings. The van der Waals surface area contributed by atoms with Gasteiger partial charge in [0.1, 0.15) is 58.5 Å². The summed E-state index contributed by atoms with van der Waals surface area (Å²) >= 11 is 0. The Morgan fingerprint density at radius 2 is 1.98 bits per heavy atom. The van der Waals surface area contributed by atoms with Crippen molar-refractivity contribution in [1.82, 2.24) is 29.5 Å². The largest absolute Gasteiger partial charge is 0.488 e. The molecule has 11 nitrogen and oxygen atoms in total. The fourth-order valence-electron chi connectivity index (χ4n) is 5.01. The molecule has 1 N–H and O–H groups in total. The number of piperidine rings is 1. The summed E-state index contributed by atoms with van der Waals surface area (Å²) < 4.78 is 42.2. The fourth-order valence-corrected chi connectivity index (χ4v) is 5.01. The maximum atomic E-state index is 14.2. The Hall–Kier alpha value is -4.57. The van der Waals surface area contributed by atoms with Gasteiger partial charge in [0.25, 0.3) is 0 Å². The van der Waals surface area contributed by atoms with Gasteiger partial charge in [-0.05, 0) is 52.7 Å². The van der Waals surface area contributed by atoms with Crippen molar-refractivity contribution in [2.45, 2.75) is 58.3 Å². The number of hydrogen-bond donors (Lipinski definition) is 1. The van der Waals surface area contributed by atoms with Gasteiger partial charge in [0, 0.05) is 36.5 Å². The number of carbonyl (C=O) groups is 1. The molecule has 4 aromatic rings. The van der Waals surface area contributed by atoms with Crippen LogP contribution in [0.15, 0.2) is 36.7 Å². The van der Waals surface area contributed by atoms with E-state index in [2.05, 4.69) is 21.5 Å². The number of nitriles is 1. The molecule has 5 rings (SSSR count). The lowest BCUT2D eigenvalue weighted by Gasteiger charge is -2.33. The molecule has 1 aliphatic rings. The molecule has 0 radical (unpaired) electrons. The summed E-state index contributed by atoms with van der Waals surface area (Å²) in [6, 6.07) is 6.66. The van der Waals surface area contributed by atoms with Gasteiger partial charge in [-0.3, -0.25) is 0 Å². The summed E-state index contributed by atoms with van der Waals surface area (Å²) in [7, 11) is 0. The summed E-state index contributed by atoms with van der Waals surface area (Å²) in [6.07, 6.45) is 2.73. The van der Waals surface area contributed by atoms with E-state index in [-0.39, 0.29) is 35.6 Å². The predicted octanol–water partition coefficient (Wildman–Crippen LogP) is 4.74. The van der Waals surface area contributed by atoms with Crippen molar-refractivity contribution in [2.24, 2.45) is 0 Å². The van der Waals surface area contributed by atoms with Gasteiger partial charge in [0.2, 0.25) is 0 Å². The number of aromatic nitrogens is 5. The fraction of sp³-hybridized carbons (Fsp3) is 0.414. The van der Waals surface area contributed by atoms with Gasteiger partial charge in [0.15, 0.2) is 0 Å². The van der Waals surface area contributed by atoms with Crippen molar-refractivity contribution >= 4 is 11.6 Å². The van der Waals surface area contributed by atoms with Crippen LogP contribution in [-0.2, 0) is 4.74 Å². The van der Waals surface area contributed by atoms with Crippen molar-refractivity contribution in [1.29, 1.82) is 5.26 Å². The predicted molar refractivity (Wildman–Crippen MR) is 147 cm³/mol. The molecule has 0 saturated carbocycles. The van der Waals surface area contributed by atoms with Crippen LogP contribution in [0.2, 0.25) is 0 Å². The third-order valence-corrected chi connectivity index (χ3v) is 7.08. The minimum atomic E-state index is -1.39. The van der Waals surface area contributed by atoms with Crippen molar-refractivity contribution in [2.75, 3.05) is 19.7 Å². The van der Waals surface area contributed by atoms with Crippen LogP contribution in [-0.4, -0.2) is 66.0 Å². The molecule has 0 aliphatic carbocycles. The summed E-state index contributed by atoms with van der Waals surface area (Å²) in [6.45, 7) is 8.10. The van der Waals surface area contributed by atoms with Gasteiger partial charge in [-0.25, -0.2) is 22.8 Å². The van der Waals surface area contributed by atoms with E-state index in [4.69, 9.17) is 9.47 Å². The van der Waals surface area contributed by atoms with Gasteiger partial charge in [0.05, 0.1) is 17.9 Å². The first kappa shape index (κ1) is 28.9. The minimum absolute atomic E-state index is 0.0278. The Labute approximate surface area is 240 Å². The molecule has 1 amide bonds. The summed E-state index contributed by atoms with van der Waals surface area (Å²) in [5.41, 5.74) is 1.89. The van der Waals surface area contributed by atoms with Crippen molar-refractivity contribution in [3.05, 3.63) is 65.1 Å². The van der Waals surface area contributed by atoms with Gasteiger partial charge < -0.3 is 19.5 Å². The number of nitrogens with zero attached hydrogens (tertiary/aromatic N) is 7. The Kier molecular flexibility index (Phi) is 7.83. The Bertz CT molecular complexity index is 1660. The lowest BCUT2D eigenvalue weighted by molar-refractivity contribution is 0.0183. The van der Waals surface area contributed by atoms with Crippen LogP contribution in [0, 0.1) is 29.9 Å². The van der Waals surface area contributed by atoms with Crippen LogP contribution in [0.3, 0.4) is 0 Å². The molecular weight excluding hydrogens is 548 g/mol. The van der Waals surface area contributed by atoms with Crippen LogP contribution < -0.4 is 4.74 Å². The molecule has 13 heteroatoms. The van der Waals surface area contributed by atoms with Crippen molar-refractivity contribution in [3.8, 4) is 23.1 Å². The average molecular weight is 580 g/mol. The lowest BCUT2D eigenvalue weighted by atomic mass is 10.0. The number of benzene rings is 1. The highest BCUT2D eigenvalue weighted by molar-refractivity contribution is 5.74. The summed E-state index contributed by atoms with van der Waals surface area (Å²) in [5.74, 6) is -1.42. The van der Waals surface area contributed by atoms with Crippen LogP contribution in [0.4, 0.5) is 13.6 Å². The molecule has 42 heavy (non-hydrogen) atoms. The van der Waals surface area contributed by atoms with E-state index in [1.54, 1.807) is 17.2 Å². The van der Waals surface area contributed by atoms with Crippen LogP contribution in [0.5, 0.6) is 5.75 Å². The number of aliphatic hydroxyl groups is 1. The summed E-state index contributed by atoms with van der Waals surface area (Å²) in [4.78, 5) is 14.2. The standard InChI is InChI=1S/C29H31F2N7O4/c1-17-26(34-35-38(17)21-7-9-36(10-8-21)28(40)42-29(2,3)4)18-11-25(27-19(13-32)14-33-37(27)15-18)41-16-24(39)22-6-5-20(30)12-23(22)31/h5-6,11-12,14-15,21,24,39H,7-10,16H2,1-4H3. The number of amides is 1. The van der Waals surface area contributed by atoms with Gasteiger partial charge in [-0.1, -0.05) is 11.3 Å². The Morgan fingerprint density at radius 1 is 1.24 bits per heavy atom. The molecule has 1 aliphatic heterocycles. The van der Waals surface area contributed by atoms with E-state index in [1.807, 2.05) is 32.4 Å². The minimum Gasteiger partial charge on any atom is -0.488 e. The normalized spacial score (nSPS) is 15.0. The molecule has 0 spiro atoms. The molecule has 1 atom stereocenters. The number of likely N-dealkylation sites (tertiary alicyclic amines) is 1. The highest BCUT2D eigenvalue weighted by Gasteiger charge is 2.29. The van der Waals surface area contributed by atoms with Crippen LogP contribution in [0.25, 0.3) is 16.8 Å². The number of aliphatic hydroxyl groups excluding tert-OH is 1. The third-order valence-electron chi connectivity index (χ3n) is 7.08. The zero-order valence-corrected chi connectivity index (χ0v) is 23.7. The van der Waals surface area contributed by atoms with Crippen LogP contribution >= 0.6 is 0 Å². The maximum absolute atomic E-state index is 14.2. The van der Waals surface area contributed by atoms with E-state index < -0.39 is 23.3 Å². The number of carbonyl (C=O) groups excluding carboxylic acids is 1. The van der Waals surface area contributed by atoms with E-state index in [0.29, 0.717) is 48.8 Å². The second kappa shape index (κ2) is 11.4. The average Bonchev–Trinajstić information content (AvgIpc) is 3.53. The first-order valence-electron chi connectivity index (χ1n) is 13.5. The molecule has 0 bridgehead atoms. The second-order valence-corrected chi connectivity index (χ2v) is 11.2. The quantitative estimate of drug-likeness (QED) is 0.347. The monoisotopic (exact) mass is 579 g/mol. The van der Waals surface area contributed by atoms with E-state index >= 15 is 0 Å². The van der Waals surface area contributed by atoms with Crippen molar-refractivity contribution in [3.63, 3.8) is 0 Å². The molecule has 220 valence electrons. The van der Waals surface area contributed by atoms with Gasteiger partial charge >= 0.3 is 6.09 Å². The molecule has 3 aromatic heterocycles. The second-order valence-electron chi connectivity index (χ2n) is 11.2. The highest BCUT2D eigenvalue weighted by atomic mass is 19.1. The van der Waals surface area contributed by atoms with Gasteiger partial charge in [-0.2, -0.15) is 10.4 Å². The first-order chi connectivity index (χ1) is 19.9. The SMILES string of the molecule is Cc1c(-c2cc(OCC(O)c3ccc(F)cc3F)c3c(C#N)cnn3c2)nnn1C1CCN(C(=O)OC(C)(C)C)CC1. The van der Waals surface area contributed by atoms with Crippen molar-refractivity contribution < 1.29 is 28.2 Å². The summed E-state index contributed by atoms with van der Waals surface area (Å²) in [5, 5.41) is 33.2. The number of ether oxygens (including phenoxy) is 2. The zero-order chi connectivity index (χ0) is 30.2. The van der Waals surface area contributed by atoms with E-state index in [1.165, 1.54) is 10.7 Å². The molecular formula is C29H31F2N7O4.